The average Bonchev–Trinajstić information content (AvgIpc) is 3.09. The highest BCUT2D eigenvalue weighted by Gasteiger charge is 2.45. The maximum atomic E-state index is 13.0. The van der Waals surface area contributed by atoms with Gasteiger partial charge in [0.1, 0.15) is 0 Å². The van der Waals surface area contributed by atoms with Crippen molar-refractivity contribution in [2.75, 3.05) is 26.3 Å². The first-order valence-corrected chi connectivity index (χ1v) is 12.2. The summed E-state index contributed by atoms with van der Waals surface area (Å²) in [4.78, 5) is 26.0. The average molecular weight is 458 g/mol. The molecule has 1 aromatic carbocycles. The Kier molecular flexibility index (Phi) is 9.24. The van der Waals surface area contributed by atoms with Gasteiger partial charge in [0.2, 0.25) is 0 Å². The van der Waals surface area contributed by atoms with E-state index in [1.54, 1.807) is 0 Å². The summed E-state index contributed by atoms with van der Waals surface area (Å²) >= 11 is 0. The third-order valence-corrected chi connectivity index (χ3v) is 6.67. The first-order valence-electron chi connectivity index (χ1n) is 12.2. The molecule has 1 aliphatic heterocycles. The minimum absolute atomic E-state index is 0.0974. The van der Waals surface area contributed by atoms with E-state index in [-0.39, 0.29) is 35.7 Å². The van der Waals surface area contributed by atoms with Crippen molar-refractivity contribution in [2.24, 2.45) is 5.92 Å². The van der Waals surface area contributed by atoms with Crippen LogP contribution < -0.4 is 0 Å². The summed E-state index contributed by atoms with van der Waals surface area (Å²) in [5.41, 5.74) is 2.53. The molecule has 1 saturated heterocycles. The number of allylic oxidation sites excluding steroid dienone is 2. The molecule has 6 nitrogen and oxygen atoms in total. The summed E-state index contributed by atoms with van der Waals surface area (Å²) in [6.45, 7) is 9.97. The van der Waals surface area contributed by atoms with Crippen molar-refractivity contribution in [3.8, 4) is 0 Å². The number of hydrogen-bond donors (Lipinski definition) is 1. The topological polar surface area (TPSA) is 76.1 Å². The highest BCUT2D eigenvalue weighted by atomic mass is 16.5. The largest absolute Gasteiger partial charge is 0.481 e. The number of carboxylic acid groups (broad SMARTS) is 1. The lowest BCUT2D eigenvalue weighted by Gasteiger charge is -2.35. The molecule has 3 rings (SSSR count). The number of rotatable bonds is 10. The second kappa shape index (κ2) is 11.9. The fourth-order valence-electron chi connectivity index (χ4n) is 4.75. The van der Waals surface area contributed by atoms with Crippen LogP contribution in [0.25, 0.3) is 0 Å². The van der Waals surface area contributed by atoms with Crippen molar-refractivity contribution in [1.82, 2.24) is 4.90 Å². The second-order valence-corrected chi connectivity index (χ2v) is 10.2. The Morgan fingerprint density at radius 2 is 1.88 bits per heavy atom. The SMILES string of the molecule is CC(C)(C)c1ccc(CO[C@H]2CC(=O)[C@H](N3CCOCC3)[C@H]2CC=CCCCC(=O)O)cc1. The van der Waals surface area contributed by atoms with Gasteiger partial charge in [-0.15, -0.1) is 0 Å². The molecular weight excluding hydrogens is 418 g/mol. The lowest BCUT2D eigenvalue weighted by Crippen LogP contribution is -2.49. The maximum Gasteiger partial charge on any atom is 0.303 e. The van der Waals surface area contributed by atoms with E-state index in [0.717, 1.165) is 31.5 Å². The fraction of sp³-hybridized carbons (Fsp3) is 0.630. The molecule has 0 radical (unpaired) electrons. The molecule has 6 heteroatoms. The summed E-state index contributed by atoms with van der Waals surface area (Å²) in [5, 5.41) is 8.80. The van der Waals surface area contributed by atoms with Crippen molar-refractivity contribution in [3.63, 3.8) is 0 Å². The third kappa shape index (κ3) is 7.49. The Morgan fingerprint density at radius 1 is 1.18 bits per heavy atom. The number of ether oxygens (including phenoxy) is 2. The van der Waals surface area contributed by atoms with Gasteiger partial charge in [-0.25, -0.2) is 0 Å². The number of ketones is 1. The third-order valence-electron chi connectivity index (χ3n) is 6.67. The van der Waals surface area contributed by atoms with Crippen molar-refractivity contribution >= 4 is 11.8 Å². The van der Waals surface area contributed by atoms with E-state index >= 15 is 0 Å². The predicted octanol–water partition coefficient (Wildman–Crippen LogP) is 4.36. The molecule has 0 unspecified atom stereocenters. The molecule has 0 bridgehead atoms. The maximum absolute atomic E-state index is 13.0. The summed E-state index contributed by atoms with van der Waals surface area (Å²) in [6.07, 6.45) is 6.79. The highest BCUT2D eigenvalue weighted by molar-refractivity contribution is 5.87. The number of benzene rings is 1. The molecule has 1 aromatic rings. The van der Waals surface area contributed by atoms with Crippen LogP contribution >= 0.6 is 0 Å². The zero-order valence-electron chi connectivity index (χ0n) is 20.3. The highest BCUT2D eigenvalue weighted by Crippen LogP contribution is 2.34. The summed E-state index contributed by atoms with van der Waals surface area (Å²) in [5.74, 6) is -0.407. The Hall–Kier alpha value is -2.02. The van der Waals surface area contributed by atoms with Gasteiger partial charge in [0.25, 0.3) is 0 Å². The molecule has 33 heavy (non-hydrogen) atoms. The van der Waals surface area contributed by atoms with Gasteiger partial charge in [-0.05, 0) is 35.8 Å². The molecule has 182 valence electrons. The Bertz CT molecular complexity index is 805. The lowest BCUT2D eigenvalue weighted by atomic mass is 9.87. The van der Waals surface area contributed by atoms with Gasteiger partial charge in [-0.3, -0.25) is 14.5 Å². The van der Waals surface area contributed by atoms with Crippen LogP contribution in [0.2, 0.25) is 0 Å². The summed E-state index contributed by atoms with van der Waals surface area (Å²) < 4.78 is 11.8. The molecule has 1 heterocycles. The summed E-state index contributed by atoms with van der Waals surface area (Å²) in [6, 6.07) is 8.42. The van der Waals surface area contributed by atoms with Crippen LogP contribution in [0, 0.1) is 5.92 Å². The quantitative estimate of drug-likeness (QED) is 0.416. The molecule has 3 atom stereocenters. The number of carbonyl (C=O) groups excluding carboxylic acids is 1. The molecule has 1 aliphatic carbocycles. The van der Waals surface area contributed by atoms with Crippen LogP contribution in [0.3, 0.4) is 0 Å². The minimum Gasteiger partial charge on any atom is -0.481 e. The van der Waals surface area contributed by atoms with Crippen molar-refractivity contribution in [1.29, 1.82) is 0 Å². The smallest absolute Gasteiger partial charge is 0.303 e. The van der Waals surface area contributed by atoms with Gasteiger partial charge in [0.15, 0.2) is 5.78 Å². The Labute approximate surface area is 197 Å². The molecule has 1 N–H and O–H groups in total. The number of unbranched alkanes of at least 4 members (excludes halogenated alkanes) is 1. The van der Waals surface area contributed by atoms with Gasteiger partial charge in [-0.2, -0.15) is 0 Å². The number of carbonyl (C=O) groups is 2. The first kappa shape index (κ1) is 25.6. The van der Waals surface area contributed by atoms with E-state index < -0.39 is 5.97 Å². The molecule has 0 aromatic heterocycles. The van der Waals surface area contributed by atoms with Gasteiger partial charge in [0.05, 0.1) is 32.0 Å². The van der Waals surface area contributed by atoms with Crippen LogP contribution in [0.4, 0.5) is 0 Å². The molecular formula is C27H39NO5. The summed E-state index contributed by atoms with van der Waals surface area (Å²) in [7, 11) is 0. The zero-order chi connectivity index (χ0) is 23.8. The van der Waals surface area contributed by atoms with E-state index in [1.165, 1.54) is 5.56 Å². The standard InChI is InChI=1S/C27H39NO5/c1-27(2,3)21-12-10-20(11-13-21)19-33-24-18-23(29)26(28-14-16-32-17-15-28)22(24)8-6-4-5-7-9-25(30)31/h4,6,10-13,22,24,26H,5,7-9,14-19H2,1-3H3,(H,30,31)/t22-,24-,26+/m0/s1. The minimum atomic E-state index is -0.763. The van der Waals surface area contributed by atoms with E-state index in [0.29, 0.717) is 32.7 Å². The second-order valence-electron chi connectivity index (χ2n) is 10.2. The zero-order valence-corrected chi connectivity index (χ0v) is 20.3. The number of nitrogens with zero attached hydrogens (tertiary/aromatic N) is 1. The molecule has 0 amide bonds. The van der Waals surface area contributed by atoms with E-state index in [2.05, 4.69) is 56.0 Å². The number of morpholine rings is 1. The van der Waals surface area contributed by atoms with Crippen LogP contribution in [0.15, 0.2) is 36.4 Å². The van der Waals surface area contributed by atoms with Crippen LogP contribution in [-0.2, 0) is 31.1 Å². The van der Waals surface area contributed by atoms with Crippen molar-refractivity contribution in [3.05, 3.63) is 47.5 Å². The van der Waals surface area contributed by atoms with Gasteiger partial charge < -0.3 is 14.6 Å². The van der Waals surface area contributed by atoms with Gasteiger partial charge >= 0.3 is 5.97 Å². The molecule has 2 aliphatic rings. The van der Waals surface area contributed by atoms with E-state index in [4.69, 9.17) is 14.6 Å². The van der Waals surface area contributed by atoms with E-state index in [1.807, 2.05) is 6.08 Å². The number of carboxylic acids is 1. The fourth-order valence-corrected chi connectivity index (χ4v) is 4.75. The van der Waals surface area contributed by atoms with Crippen LogP contribution in [-0.4, -0.2) is 60.2 Å². The number of Topliss-reactive ketones (excluding diaryl/α,β-unsaturated/α-hetero) is 1. The lowest BCUT2D eigenvalue weighted by molar-refractivity contribution is -0.137. The van der Waals surface area contributed by atoms with Crippen LogP contribution in [0.5, 0.6) is 0 Å². The number of hydrogen-bond acceptors (Lipinski definition) is 5. The molecule has 1 saturated carbocycles. The molecule has 0 spiro atoms. The predicted molar refractivity (Wildman–Crippen MR) is 128 cm³/mol. The van der Waals surface area contributed by atoms with Crippen molar-refractivity contribution < 1.29 is 24.2 Å². The van der Waals surface area contributed by atoms with Gasteiger partial charge in [0, 0.05) is 31.8 Å². The Balaban J connectivity index is 1.63. The normalized spacial score (nSPS) is 24.6. The number of aliphatic carboxylic acids is 1. The van der Waals surface area contributed by atoms with E-state index in [9.17, 15) is 9.59 Å². The van der Waals surface area contributed by atoms with Gasteiger partial charge in [-0.1, -0.05) is 57.2 Å². The van der Waals surface area contributed by atoms with Crippen LogP contribution in [0.1, 0.15) is 64.0 Å². The Morgan fingerprint density at radius 3 is 2.52 bits per heavy atom. The van der Waals surface area contributed by atoms with Crippen molar-refractivity contribution in [2.45, 2.75) is 77.0 Å². The molecule has 2 fully saturated rings. The first-order chi connectivity index (χ1) is 15.8. The monoisotopic (exact) mass is 457 g/mol.